The van der Waals surface area contributed by atoms with Crippen molar-refractivity contribution in [1.82, 2.24) is 29.7 Å². The maximum atomic E-state index is 13.0. The second-order valence-electron chi connectivity index (χ2n) is 12.6. The van der Waals surface area contributed by atoms with Crippen LogP contribution in [-0.4, -0.2) is 52.8 Å². The highest BCUT2D eigenvalue weighted by Crippen LogP contribution is 2.21. The van der Waals surface area contributed by atoms with E-state index in [1.165, 1.54) is 18.2 Å². The van der Waals surface area contributed by atoms with E-state index in [2.05, 4.69) is 16.0 Å². The van der Waals surface area contributed by atoms with Gasteiger partial charge in [0.05, 0.1) is 42.8 Å². The van der Waals surface area contributed by atoms with Crippen molar-refractivity contribution in [3.8, 4) is 17.2 Å². The average molecular weight is 698 g/mol. The van der Waals surface area contributed by atoms with Crippen LogP contribution in [0.2, 0.25) is 0 Å². The lowest BCUT2D eigenvalue weighted by molar-refractivity contribution is -0.123. The summed E-state index contributed by atoms with van der Waals surface area (Å²) in [6.07, 6.45) is 0.531. The van der Waals surface area contributed by atoms with Crippen LogP contribution in [0.4, 0.5) is 0 Å². The smallest absolute Gasteiger partial charge is 0.237 e. The third kappa shape index (κ3) is 9.62. The third-order valence-electron chi connectivity index (χ3n) is 9.16. The molecule has 3 amide bonds. The van der Waals surface area contributed by atoms with Crippen LogP contribution >= 0.6 is 0 Å². The van der Waals surface area contributed by atoms with Gasteiger partial charge in [0.25, 0.3) is 0 Å². The lowest BCUT2D eigenvalue weighted by Crippen LogP contribution is -2.42. The fourth-order valence-corrected chi connectivity index (χ4v) is 5.57. The first kappa shape index (κ1) is 39.1. The normalized spacial score (nSPS) is 11.8. The quantitative estimate of drug-likeness (QED) is 0.112. The molecular formula is C34H47N7O9. The molecule has 3 aromatic rings. The molecule has 8 N–H and O–H groups in total. The number of nitrogens with one attached hydrogen (secondary N) is 3. The molecule has 3 rings (SSSR count). The predicted octanol–water partition coefficient (Wildman–Crippen LogP) is -0.0322. The van der Waals surface area contributed by atoms with E-state index in [4.69, 9.17) is 5.73 Å². The molecule has 0 aliphatic carbocycles. The van der Waals surface area contributed by atoms with Gasteiger partial charge in [-0.1, -0.05) is 0 Å². The van der Waals surface area contributed by atoms with Gasteiger partial charge in [-0.25, -0.2) is 0 Å². The molecule has 3 aromatic heterocycles. The lowest BCUT2D eigenvalue weighted by Gasteiger charge is -2.21. The van der Waals surface area contributed by atoms with Gasteiger partial charge in [0, 0.05) is 69.3 Å². The van der Waals surface area contributed by atoms with Crippen molar-refractivity contribution in [1.29, 1.82) is 0 Å². The van der Waals surface area contributed by atoms with E-state index in [0.717, 1.165) is 0 Å². The van der Waals surface area contributed by atoms with E-state index < -0.39 is 63.2 Å². The van der Waals surface area contributed by atoms with Gasteiger partial charge in [-0.2, -0.15) is 0 Å². The van der Waals surface area contributed by atoms with E-state index in [1.54, 1.807) is 55.6 Å². The van der Waals surface area contributed by atoms with Crippen molar-refractivity contribution in [3.63, 3.8) is 0 Å². The Hall–Kier alpha value is -5.38. The van der Waals surface area contributed by atoms with E-state index in [1.807, 2.05) is 0 Å². The number of aromatic nitrogens is 3. The molecular weight excluding hydrogens is 650 g/mol. The SMILES string of the molecule is Cc1cc(=O)c(O)c(CNC(=O)CCC(CCC(=O)NCc2c(O)c(=O)cc(C)n2C)CC(N)C(=O)NCc2c(O)c(=O)cc(C)n2C)n1C. The summed E-state index contributed by atoms with van der Waals surface area (Å²) in [5.41, 5.74) is 7.02. The van der Waals surface area contributed by atoms with Crippen molar-refractivity contribution in [2.45, 2.75) is 78.6 Å². The van der Waals surface area contributed by atoms with Gasteiger partial charge in [0.2, 0.25) is 34.0 Å². The van der Waals surface area contributed by atoms with Crippen LogP contribution in [0.5, 0.6) is 17.2 Å². The molecule has 0 bridgehead atoms. The molecule has 0 aromatic carbocycles. The molecule has 50 heavy (non-hydrogen) atoms. The van der Waals surface area contributed by atoms with Gasteiger partial charge in [-0.3, -0.25) is 28.8 Å². The Labute approximate surface area is 288 Å². The Morgan fingerprint density at radius 3 is 1.30 bits per heavy atom. The summed E-state index contributed by atoms with van der Waals surface area (Å²) < 4.78 is 4.77. The second-order valence-corrected chi connectivity index (χ2v) is 12.6. The fraction of sp³-hybridized carbons (Fsp3) is 0.471. The molecule has 0 fully saturated rings. The number of rotatable bonds is 15. The van der Waals surface area contributed by atoms with E-state index in [9.17, 15) is 44.1 Å². The highest BCUT2D eigenvalue weighted by Gasteiger charge is 2.23. The summed E-state index contributed by atoms with van der Waals surface area (Å²) in [5.74, 6) is -3.15. The number of carbonyl (C=O) groups excluding carboxylic acids is 3. The highest BCUT2D eigenvalue weighted by atomic mass is 16.3. The Morgan fingerprint density at radius 1 is 0.640 bits per heavy atom. The second kappa shape index (κ2) is 16.8. The molecule has 1 unspecified atom stereocenters. The summed E-state index contributed by atoms with van der Waals surface area (Å²) >= 11 is 0. The first-order valence-electron chi connectivity index (χ1n) is 16.1. The molecule has 0 saturated carbocycles. The number of nitrogens with two attached hydrogens (primary N) is 1. The number of hydrogen-bond donors (Lipinski definition) is 7. The summed E-state index contributed by atoms with van der Waals surface area (Å²) in [7, 11) is 4.95. The molecule has 0 radical (unpaired) electrons. The molecule has 16 heteroatoms. The fourth-order valence-electron chi connectivity index (χ4n) is 5.57. The van der Waals surface area contributed by atoms with Crippen molar-refractivity contribution in [2.24, 2.45) is 32.8 Å². The van der Waals surface area contributed by atoms with E-state index in [0.29, 0.717) is 17.1 Å². The molecule has 0 aliphatic rings. The zero-order valence-electron chi connectivity index (χ0n) is 29.3. The van der Waals surface area contributed by atoms with Crippen molar-refractivity contribution in [3.05, 3.63) is 83.0 Å². The maximum Gasteiger partial charge on any atom is 0.237 e. The first-order valence-corrected chi connectivity index (χ1v) is 16.1. The van der Waals surface area contributed by atoms with Gasteiger partial charge in [0.1, 0.15) is 0 Å². The monoisotopic (exact) mass is 697 g/mol. The van der Waals surface area contributed by atoms with Gasteiger partial charge in [-0.15, -0.1) is 0 Å². The van der Waals surface area contributed by atoms with Crippen LogP contribution in [-0.2, 0) is 55.2 Å². The average Bonchev–Trinajstić information content (AvgIpc) is 3.06. The van der Waals surface area contributed by atoms with Crippen LogP contribution in [0, 0.1) is 26.7 Å². The Kier molecular flexibility index (Phi) is 13.1. The van der Waals surface area contributed by atoms with Gasteiger partial charge in [0.15, 0.2) is 17.2 Å². The minimum Gasteiger partial charge on any atom is -0.503 e. The maximum absolute atomic E-state index is 13.0. The Morgan fingerprint density at radius 2 is 0.960 bits per heavy atom. The lowest BCUT2D eigenvalue weighted by atomic mass is 9.90. The van der Waals surface area contributed by atoms with Crippen LogP contribution in [0.25, 0.3) is 0 Å². The summed E-state index contributed by atoms with van der Waals surface area (Å²) in [6.45, 7) is 4.71. The number of hydrogen-bond acceptors (Lipinski definition) is 10. The molecule has 3 heterocycles. The van der Waals surface area contributed by atoms with Crippen LogP contribution in [0.15, 0.2) is 32.6 Å². The standard InChI is InChI=1S/C34H47N7O9/c1-18-11-26(42)31(47)23(39(18)4)15-36-29(45)9-7-21(8-10-30(46)37-16-24-32(48)27(43)12-19(2)40(24)5)14-22(35)34(50)38-17-25-33(49)28(44)13-20(3)41(25)6/h11-13,21-22,47-49H,7-10,14-17,35H2,1-6H3,(H,36,45)(H,37,46)(H,38,50). The van der Waals surface area contributed by atoms with Crippen molar-refractivity contribution < 1.29 is 29.7 Å². The number of aryl methyl sites for hydroxylation is 3. The van der Waals surface area contributed by atoms with Crippen LogP contribution in [0.1, 0.15) is 66.3 Å². The topological polar surface area (TPSA) is 240 Å². The predicted molar refractivity (Wildman–Crippen MR) is 184 cm³/mol. The largest absolute Gasteiger partial charge is 0.503 e. The van der Waals surface area contributed by atoms with E-state index >= 15 is 0 Å². The molecule has 0 saturated heterocycles. The highest BCUT2D eigenvalue weighted by molar-refractivity contribution is 5.81. The van der Waals surface area contributed by atoms with Gasteiger partial charge < -0.3 is 50.7 Å². The number of nitrogens with zero attached hydrogens (tertiary/aromatic N) is 3. The minimum atomic E-state index is -1.06. The molecule has 1 atom stereocenters. The Balaban J connectivity index is 1.68. The zero-order chi connectivity index (χ0) is 37.4. The Bertz CT molecular complexity index is 1850. The summed E-state index contributed by atoms with van der Waals surface area (Å²) in [5, 5.41) is 38.7. The minimum absolute atomic E-state index is 0.0142. The molecule has 272 valence electrons. The van der Waals surface area contributed by atoms with Crippen molar-refractivity contribution in [2.75, 3.05) is 0 Å². The molecule has 0 aliphatic heterocycles. The van der Waals surface area contributed by atoms with Gasteiger partial charge >= 0.3 is 0 Å². The number of amides is 3. The molecule has 0 spiro atoms. The summed E-state index contributed by atoms with van der Waals surface area (Å²) in [4.78, 5) is 74.8. The zero-order valence-corrected chi connectivity index (χ0v) is 29.3. The van der Waals surface area contributed by atoms with Crippen molar-refractivity contribution >= 4 is 17.7 Å². The first-order chi connectivity index (χ1) is 23.4. The summed E-state index contributed by atoms with van der Waals surface area (Å²) in [6, 6.07) is 2.79. The van der Waals surface area contributed by atoms with Crippen LogP contribution in [0.3, 0.4) is 0 Å². The number of pyridine rings is 3. The molecule has 16 nitrogen and oxygen atoms in total. The number of carbonyl (C=O) groups is 3. The third-order valence-corrected chi connectivity index (χ3v) is 9.16. The van der Waals surface area contributed by atoms with E-state index in [-0.39, 0.29) is 68.8 Å². The number of aromatic hydroxyl groups is 3. The van der Waals surface area contributed by atoms with Gasteiger partial charge in [-0.05, 0) is 46.0 Å². The van der Waals surface area contributed by atoms with Crippen LogP contribution < -0.4 is 38.0 Å².